The first kappa shape index (κ1) is 13.3. The first-order chi connectivity index (χ1) is 9.76. The van der Waals surface area contributed by atoms with Crippen LogP contribution in [-0.2, 0) is 6.42 Å². The highest BCUT2D eigenvalue weighted by Gasteiger charge is 2.17. The molecule has 2 aromatic carbocycles. The van der Waals surface area contributed by atoms with Gasteiger partial charge in [-0.1, -0.05) is 29.8 Å². The Morgan fingerprint density at radius 3 is 2.55 bits per heavy atom. The van der Waals surface area contributed by atoms with E-state index in [0.29, 0.717) is 13.3 Å². The first-order valence-electron chi connectivity index (χ1n) is 6.60. The molecule has 0 aliphatic carbocycles. The molecule has 4 heteroatoms. The standard InChI is InChI=1S/C16H16ClNO2/c17-14-4-1-11(2-5-14)7-13(9-18)12-3-6-15-16(8-12)20-10-19-15/h1-6,8,13H,7,9-10,18H2. The van der Waals surface area contributed by atoms with E-state index < -0.39 is 0 Å². The fourth-order valence-corrected chi connectivity index (χ4v) is 2.54. The predicted octanol–water partition coefficient (Wildman–Crippen LogP) is 3.35. The minimum Gasteiger partial charge on any atom is -0.454 e. The van der Waals surface area contributed by atoms with Gasteiger partial charge in [-0.15, -0.1) is 0 Å². The van der Waals surface area contributed by atoms with Crippen LogP contribution in [0, 0.1) is 0 Å². The van der Waals surface area contributed by atoms with Crippen molar-refractivity contribution in [2.24, 2.45) is 5.73 Å². The highest BCUT2D eigenvalue weighted by atomic mass is 35.5. The fraction of sp³-hybridized carbons (Fsp3) is 0.250. The van der Waals surface area contributed by atoms with Crippen molar-refractivity contribution in [3.05, 3.63) is 58.6 Å². The maximum atomic E-state index is 5.93. The lowest BCUT2D eigenvalue weighted by Gasteiger charge is -2.16. The highest BCUT2D eigenvalue weighted by molar-refractivity contribution is 6.30. The monoisotopic (exact) mass is 289 g/mol. The zero-order valence-electron chi connectivity index (χ0n) is 11.0. The van der Waals surface area contributed by atoms with E-state index in [1.54, 1.807) is 0 Å². The third-order valence-electron chi connectivity index (χ3n) is 3.55. The van der Waals surface area contributed by atoms with Gasteiger partial charge in [0.1, 0.15) is 0 Å². The smallest absolute Gasteiger partial charge is 0.231 e. The molecule has 0 bridgehead atoms. The Hall–Kier alpha value is -1.71. The van der Waals surface area contributed by atoms with Crippen LogP contribution in [0.4, 0.5) is 0 Å². The van der Waals surface area contributed by atoms with Crippen molar-refractivity contribution < 1.29 is 9.47 Å². The van der Waals surface area contributed by atoms with Crippen molar-refractivity contribution in [1.82, 2.24) is 0 Å². The minimum absolute atomic E-state index is 0.255. The molecule has 1 heterocycles. The molecule has 0 fully saturated rings. The predicted molar refractivity (Wildman–Crippen MR) is 79.5 cm³/mol. The van der Waals surface area contributed by atoms with Gasteiger partial charge in [0.15, 0.2) is 11.5 Å². The fourth-order valence-electron chi connectivity index (χ4n) is 2.41. The van der Waals surface area contributed by atoms with Gasteiger partial charge in [0, 0.05) is 10.9 Å². The zero-order valence-corrected chi connectivity index (χ0v) is 11.8. The average molecular weight is 290 g/mol. The van der Waals surface area contributed by atoms with Crippen LogP contribution < -0.4 is 15.2 Å². The van der Waals surface area contributed by atoms with Crippen LogP contribution in [0.25, 0.3) is 0 Å². The summed E-state index contributed by atoms with van der Waals surface area (Å²) >= 11 is 5.91. The number of fused-ring (bicyclic) bond motifs is 1. The molecule has 3 nitrogen and oxygen atoms in total. The molecule has 0 saturated heterocycles. The molecular weight excluding hydrogens is 274 g/mol. The number of ether oxygens (including phenoxy) is 2. The van der Waals surface area contributed by atoms with Crippen LogP contribution in [0.1, 0.15) is 17.0 Å². The summed E-state index contributed by atoms with van der Waals surface area (Å²) in [4.78, 5) is 0. The molecule has 1 aliphatic rings. The Kier molecular flexibility index (Phi) is 3.81. The van der Waals surface area contributed by atoms with Crippen molar-refractivity contribution in [1.29, 1.82) is 0 Å². The second-order valence-corrected chi connectivity index (χ2v) is 5.31. The number of nitrogens with two attached hydrogens (primary N) is 1. The van der Waals surface area contributed by atoms with Gasteiger partial charge in [0.25, 0.3) is 0 Å². The molecule has 0 amide bonds. The van der Waals surface area contributed by atoms with E-state index in [2.05, 4.69) is 6.07 Å². The van der Waals surface area contributed by atoms with Gasteiger partial charge < -0.3 is 15.2 Å². The van der Waals surface area contributed by atoms with Gasteiger partial charge in [-0.2, -0.15) is 0 Å². The molecule has 1 aliphatic heterocycles. The van der Waals surface area contributed by atoms with Gasteiger partial charge in [-0.3, -0.25) is 0 Å². The molecule has 3 rings (SSSR count). The van der Waals surface area contributed by atoms with Gasteiger partial charge in [-0.25, -0.2) is 0 Å². The van der Waals surface area contributed by atoms with Crippen molar-refractivity contribution in [3.63, 3.8) is 0 Å². The van der Waals surface area contributed by atoms with Crippen LogP contribution in [-0.4, -0.2) is 13.3 Å². The van der Waals surface area contributed by atoms with E-state index in [1.165, 1.54) is 11.1 Å². The Morgan fingerprint density at radius 1 is 1.05 bits per heavy atom. The minimum atomic E-state index is 0.255. The van der Waals surface area contributed by atoms with Crippen LogP contribution in [0.3, 0.4) is 0 Å². The largest absolute Gasteiger partial charge is 0.454 e. The Morgan fingerprint density at radius 2 is 1.80 bits per heavy atom. The van der Waals surface area contributed by atoms with Crippen LogP contribution in [0.2, 0.25) is 5.02 Å². The summed E-state index contributed by atoms with van der Waals surface area (Å²) in [6.07, 6.45) is 0.882. The molecule has 20 heavy (non-hydrogen) atoms. The Labute approximate surface area is 123 Å². The normalized spacial score (nSPS) is 14.3. The second-order valence-electron chi connectivity index (χ2n) is 4.88. The molecule has 1 atom stereocenters. The number of hydrogen-bond acceptors (Lipinski definition) is 3. The number of halogens is 1. The Balaban J connectivity index is 1.81. The first-order valence-corrected chi connectivity index (χ1v) is 6.98. The maximum Gasteiger partial charge on any atom is 0.231 e. The number of hydrogen-bond donors (Lipinski definition) is 1. The van der Waals surface area contributed by atoms with E-state index in [-0.39, 0.29) is 5.92 Å². The summed E-state index contributed by atoms with van der Waals surface area (Å²) in [6, 6.07) is 13.9. The molecule has 0 radical (unpaired) electrons. The SMILES string of the molecule is NCC(Cc1ccc(Cl)cc1)c1ccc2c(c1)OCO2. The van der Waals surface area contributed by atoms with E-state index in [1.807, 2.05) is 36.4 Å². The summed E-state index contributed by atoms with van der Waals surface area (Å²) in [5.41, 5.74) is 8.33. The molecule has 0 spiro atoms. The van der Waals surface area contributed by atoms with Crippen LogP contribution >= 0.6 is 11.6 Å². The average Bonchev–Trinajstić information content (AvgIpc) is 2.94. The lowest BCUT2D eigenvalue weighted by molar-refractivity contribution is 0.174. The second kappa shape index (κ2) is 5.73. The van der Waals surface area contributed by atoms with Gasteiger partial charge in [-0.05, 0) is 48.4 Å². The van der Waals surface area contributed by atoms with E-state index in [0.717, 1.165) is 22.9 Å². The molecular formula is C16H16ClNO2. The topological polar surface area (TPSA) is 44.5 Å². The van der Waals surface area contributed by atoms with Gasteiger partial charge in [0.05, 0.1) is 0 Å². The number of benzene rings is 2. The van der Waals surface area contributed by atoms with E-state index >= 15 is 0 Å². The highest BCUT2D eigenvalue weighted by Crippen LogP contribution is 2.35. The lowest BCUT2D eigenvalue weighted by Crippen LogP contribution is -2.15. The third kappa shape index (κ3) is 2.74. The molecule has 104 valence electrons. The molecule has 1 unspecified atom stereocenters. The van der Waals surface area contributed by atoms with E-state index in [4.69, 9.17) is 26.8 Å². The van der Waals surface area contributed by atoms with Gasteiger partial charge in [0.2, 0.25) is 6.79 Å². The van der Waals surface area contributed by atoms with E-state index in [9.17, 15) is 0 Å². The summed E-state index contributed by atoms with van der Waals surface area (Å²) in [6.45, 7) is 0.880. The van der Waals surface area contributed by atoms with Crippen LogP contribution in [0.5, 0.6) is 11.5 Å². The molecule has 0 saturated carbocycles. The van der Waals surface area contributed by atoms with Crippen molar-refractivity contribution in [2.45, 2.75) is 12.3 Å². The molecule has 2 aromatic rings. The summed E-state index contributed by atoms with van der Waals surface area (Å²) < 4.78 is 10.7. The third-order valence-corrected chi connectivity index (χ3v) is 3.80. The molecule has 0 aromatic heterocycles. The summed E-state index contributed by atoms with van der Waals surface area (Å²) in [7, 11) is 0. The Bertz CT molecular complexity index is 598. The zero-order chi connectivity index (χ0) is 13.9. The van der Waals surface area contributed by atoms with Crippen molar-refractivity contribution in [2.75, 3.05) is 13.3 Å². The van der Waals surface area contributed by atoms with Crippen molar-refractivity contribution >= 4 is 11.6 Å². The lowest BCUT2D eigenvalue weighted by atomic mass is 9.92. The quantitative estimate of drug-likeness (QED) is 0.939. The van der Waals surface area contributed by atoms with Gasteiger partial charge >= 0.3 is 0 Å². The summed E-state index contributed by atoms with van der Waals surface area (Å²) in [5.74, 6) is 1.86. The molecule has 2 N–H and O–H groups in total. The maximum absolute atomic E-state index is 5.93. The summed E-state index contributed by atoms with van der Waals surface area (Å²) in [5, 5.41) is 0.751. The number of rotatable bonds is 4. The van der Waals surface area contributed by atoms with Crippen LogP contribution in [0.15, 0.2) is 42.5 Å². The van der Waals surface area contributed by atoms with Crippen molar-refractivity contribution in [3.8, 4) is 11.5 Å².